The number of imidazole rings is 1. The van der Waals surface area contributed by atoms with Crippen molar-refractivity contribution in [2.45, 2.75) is 6.54 Å². The summed E-state index contributed by atoms with van der Waals surface area (Å²) >= 11 is 0. The first kappa shape index (κ1) is 15.6. The summed E-state index contributed by atoms with van der Waals surface area (Å²) in [6.07, 6.45) is 3.37. The number of anilines is 1. The Morgan fingerprint density at radius 1 is 1.04 bits per heavy atom. The van der Waals surface area contributed by atoms with E-state index >= 15 is 0 Å². The highest BCUT2D eigenvalue weighted by Crippen LogP contribution is 2.19. The number of rotatable bonds is 2. The Kier molecular flexibility index (Phi) is 3.87. The van der Waals surface area contributed by atoms with Gasteiger partial charge in [-0.2, -0.15) is 0 Å². The summed E-state index contributed by atoms with van der Waals surface area (Å²) < 4.78 is 1.78. The van der Waals surface area contributed by atoms with Gasteiger partial charge < -0.3 is 19.3 Å². The Balaban J connectivity index is 1.49. The standard InChI is InChI=1S/C17H20N6O2/c1-20-6-7-23-12-19-14(15(23)17(20)25)16(24)22-10-8-21(9-11-22)13-4-2-3-5-18-13/h2-5,12H,6-11H2,1H3. The number of amides is 2. The van der Waals surface area contributed by atoms with Crippen LogP contribution in [0, 0.1) is 0 Å². The molecule has 2 aliphatic rings. The Morgan fingerprint density at radius 2 is 1.84 bits per heavy atom. The van der Waals surface area contributed by atoms with Gasteiger partial charge in [0, 0.05) is 52.5 Å². The molecule has 2 aliphatic heterocycles. The van der Waals surface area contributed by atoms with Gasteiger partial charge in [0.15, 0.2) is 5.69 Å². The zero-order valence-electron chi connectivity index (χ0n) is 14.1. The van der Waals surface area contributed by atoms with Crippen LogP contribution in [0.1, 0.15) is 21.0 Å². The normalized spacial score (nSPS) is 17.6. The van der Waals surface area contributed by atoms with Gasteiger partial charge in [-0.25, -0.2) is 9.97 Å². The van der Waals surface area contributed by atoms with Crippen LogP contribution in [0.2, 0.25) is 0 Å². The maximum atomic E-state index is 12.9. The molecule has 1 saturated heterocycles. The van der Waals surface area contributed by atoms with Crippen molar-refractivity contribution in [2.24, 2.45) is 0 Å². The molecule has 8 heteroatoms. The molecule has 0 radical (unpaired) electrons. The van der Waals surface area contributed by atoms with Gasteiger partial charge in [0.1, 0.15) is 11.5 Å². The number of piperazine rings is 1. The van der Waals surface area contributed by atoms with Crippen molar-refractivity contribution in [3.63, 3.8) is 0 Å². The number of carbonyl (C=O) groups is 2. The molecule has 4 heterocycles. The number of pyridine rings is 1. The summed E-state index contributed by atoms with van der Waals surface area (Å²) in [5.41, 5.74) is 0.675. The van der Waals surface area contributed by atoms with Crippen LogP contribution in [-0.4, -0.2) is 75.9 Å². The zero-order valence-corrected chi connectivity index (χ0v) is 14.1. The van der Waals surface area contributed by atoms with Crippen LogP contribution in [0.3, 0.4) is 0 Å². The van der Waals surface area contributed by atoms with E-state index in [2.05, 4.69) is 14.9 Å². The third-order valence-corrected chi connectivity index (χ3v) is 4.81. The highest BCUT2D eigenvalue weighted by Gasteiger charge is 2.32. The summed E-state index contributed by atoms with van der Waals surface area (Å²) in [7, 11) is 1.75. The van der Waals surface area contributed by atoms with E-state index in [-0.39, 0.29) is 17.5 Å². The van der Waals surface area contributed by atoms with Crippen LogP contribution in [0.25, 0.3) is 0 Å². The van der Waals surface area contributed by atoms with Gasteiger partial charge in [0.25, 0.3) is 11.8 Å². The summed E-state index contributed by atoms with van der Waals surface area (Å²) in [6.45, 7) is 3.92. The molecule has 0 saturated carbocycles. The number of aromatic nitrogens is 3. The van der Waals surface area contributed by atoms with E-state index in [1.165, 1.54) is 0 Å². The Bertz CT molecular complexity index is 795. The van der Waals surface area contributed by atoms with Crippen LogP contribution in [0.15, 0.2) is 30.7 Å². The third-order valence-electron chi connectivity index (χ3n) is 4.81. The first-order valence-electron chi connectivity index (χ1n) is 8.41. The number of hydrogen-bond acceptors (Lipinski definition) is 5. The maximum absolute atomic E-state index is 12.9. The molecule has 2 aromatic rings. The molecule has 130 valence electrons. The van der Waals surface area contributed by atoms with Gasteiger partial charge in [0.05, 0.1) is 6.33 Å². The van der Waals surface area contributed by atoms with Crippen LogP contribution >= 0.6 is 0 Å². The molecule has 8 nitrogen and oxygen atoms in total. The van der Waals surface area contributed by atoms with E-state index in [9.17, 15) is 9.59 Å². The fraction of sp³-hybridized carbons (Fsp3) is 0.412. The van der Waals surface area contributed by atoms with Gasteiger partial charge in [-0.1, -0.05) is 6.07 Å². The smallest absolute Gasteiger partial charge is 0.275 e. The van der Waals surface area contributed by atoms with E-state index < -0.39 is 0 Å². The number of likely N-dealkylation sites (N-methyl/N-ethyl adjacent to an activating group) is 1. The molecule has 0 unspecified atom stereocenters. The molecule has 4 rings (SSSR count). The lowest BCUT2D eigenvalue weighted by Crippen LogP contribution is -2.49. The number of fused-ring (bicyclic) bond motifs is 1. The quantitative estimate of drug-likeness (QED) is 0.787. The average molecular weight is 340 g/mol. The fourth-order valence-electron chi connectivity index (χ4n) is 3.30. The van der Waals surface area contributed by atoms with Crippen molar-refractivity contribution in [1.29, 1.82) is 0 Å². The first-order valence-corrected chi connectivity index (χ1v) is 8.41. The molecular weight excluding hydrogens is 320 g/mol. The number of nitrogens with zero attached hydrogens (tertiary/aromatic N) is 6. The SMILES string of the molecule is CN1CCn2cnc(C(=O)N3CCN(c4ccccn4)CC3)c2C1=O. The lowest BCUT2D eigenvalue weighted by Gasteiger charge is -2.35. The second-order valence-electron chi connectivity index (χ2n) is 6.33. The predicted octanol–water partition coefficient (Wildman–Crippen LogP) is 0.326. The average Bonchev–Trinajstić information content (AvgIpc) is 3.10. The predicted molar refractivity (Wildman–Crippen MR) is 91.5 cm³/mol. The van der Waals surface area contributed by atoms with Crippen molar-refractivity contribution in [1.82, 2.24) is 24.3 Å². The highest BCUT2D eigenvalue weighted by molar-refractivity contribution is 6.05. The van der Waals surface area contributed by atoms with E-state index in [0.717, 1.165) is 5.82 Å². The Morgan fingerprint density at radius 3 is 2.56 bits per heavy atom. The molecule has 0 spiro atoms. The van der Waals surface area contributed by atoms with Crippen molar-refractivity contribution in [2.75, 3.05) is 44.7 Å². The highest BCUT2D eigenvalue weighted by atomic mass is 16.2. The summed E-state index contributed by atoms with van der Waals surface area (Å²) in [6, 6.07) is 5.82. The first-order chi connectivity index (χ1) is 12.1. The van der Waals surface area contributed by atoms with Gasteiger partial charge in [-0.05, 0) is 12.1 Å². The monoisotopic (exact) mass is 340 g/mol. The molecule has 0 atom stereocenters. The number of hydrogen-bond donors (Lipinski definition) is 0. The van der Waals surface area contributed by atoms with E-state index in [0.29, 0.717) is 45.0 Å². The van der Waals surface area contributed by atoms with Crippen molar-refractivity contribution < 1.29 is 9.59 Å². The molecule has 2 aromatic heterocycles. The van der Waals surface area contributed by atoms with Gasteiger partial charge in [-0.3, -0.25) is 9.59 Å². The fourth-order valence-corrected chi connectivity index (χ4v) is 3.30. The van der Waals surface area contributed by atoms with E-state index in [1.807, 2.05) is 18.2 Å². The van der Waals surface area contributed by atoms with Crippen LogP contribution < -0.4 is 4.90 Å². The van der Waals surface area contributed by atoms with Crippen molar-refractivity contribution in [3.8, 4) is 0 Å². The number of carbonyl (C=O) groups excluding carboxylic acids is 2. The molecule has 1 fully saturated rings. The van der Waals surface area contributed by atoms with E-state index in [4.69, 9.17) is 0 Å². The second kappa shape index (κ2) is 6.19. The van der Waals surface area contributed by atoms with Crippen LogP contribution in [0.5, 0.6) is 0 Å². The Labute approximate surface area is 145 Å². The summed E-state index contributed by atoms with van der Waals surface area (Å²) in [4.78, 5) is 39.4. The molecular formula is C17H20N6O2. The molecule has 0 aromatic carbocycles. The second-order valence-corrected chi connectivity index (χ2v) is 6.33. The maximum Gasteiger partial charge on any atom is 0.275 e. The van der Waals surface area contributed by atoms with Crippen molar-refractivity contribution in [3.05, 3.63) is 42.1 Å². The lowest BCUT2D eigenvalue weighted by molar-refractivity contribution is 0.0701. The third kappa shape index (κ3) is 2.73. The van der Waals surface area contributed by atoms with E-state index in [1.54, 1.807) is 33.9 Å². The molecule has 0 N–H and O–H groups in total. The molecule has 2 amide bonds. The topological polar surface area (TPSA) is 74.6 Å². The minimum atomic E-state index is -0.168. The zero-order chi connectivity index (χ0) is 17.4. The minimum Gasteiger partial charge on any atom is -0.353 e. The Hall–Kier alpha value is -2.90. The van der Waals surface area contributed by atoms with Crippen LogP contribution in [0.4, 0.5) is 5.82 Å². The lowest BCUT2D eigenvalue weighted by atomic mass is 10.2. The van der Waals surface area contributed by atoms with Crippen molar-refractivity contribution >= 4 is 17.6 Å². The van der Waals surface area contributed by atoms with Gasteiger partial charge in [0.2, 0.25) is 0 Å². The minimum absolute atomic E-state index is 0.140. The molecule has 25 heavy (non-hydrogen) atoms. The van der Waals surface area contributed by atoms with Gasteiger partial charge >= 0.3 is 0 Å². The summed E-state index contributed by atoms with van der Waals surface area (Å²) in [5, 5.41) is 0. The van der Waals surface area contributed by atoms with Crippen LogP contribution in [-0.2, 0) is 6.54 Å². The summed E-state index contributed by atoms with van der Waals surface area (Å²) in [5.74, 6) is 0.614. The molecule has 0 bridgehead atoms. The van der Waals surface area contributed by atoms with Gasteiger partial charge in [-0.15, -0.1) is 0 Å². The molecule has 0 aliphatic carbocycles. The largest absolute Gasteiger partial charge is 0.353 e.